The van der Waals surface area contributed by atoms with Crippen molar-refractivity contribution >= 4 is 63.3 Å². The molecule has 0 bridgehead atoms. The summed E-state index contributed by atoms with van der Waals surface area (Å²) in [5, 5.41) is 1.71. The highest BCUT2D eigenvalue weighted by atomic mass is 35.5. The van der Waals surface area contributed by atoms with E-state index in [1.807, 2.05) is 53.8 Å². The Morgan fingerprint density at radius 3 is 2.48 bits per heavy atom. The average molecular weight is 483 g/mol. The topological polar surface area (TPSA) is 26.4 Å². The van der Waals surface area contributed by atoms with E-state index < -0.39 is 0 Å². The predicted molar refractivity (Wildman–Crippen MR) is 134 cm³/mol. The van der Waals surface area contributed by atoms with Gasteiger partial charge in [-0.2, -0.15) is 0 Å². The molecule has 5 rings (SSSR count). The Morgan fingerprint density at radius 1 is 1.00 bits per heavy atom. The van der Waals surface area contributed by atoms with E-state index in [1.165, 1.54) is 16.9 Å². The second kappa shape index (κ2) is 7.92. The standard InChI is InChI=1S/C24H16Cl2N2OS2/c1-14-6-8-15(9-7-14)13-27-22-21(17-11-10-16(25)12-19(17)26)31-24(30)28(22)20-5-3-2-4-18(20)23(27)29/h2-12H,13H2,1H3. The molecular formula is C24H16Cl2N2OS2. The van der Waals surface area contributed by atoms with E-state index in [2.05, 4.69) is 12.1 Å². The smallest absolute Gasteiger partial charge is 0.261 e. The maximum atomic E-state index is 13.6. The third kappa shape index (κ3) is 3.52. The third-order valence-corrected chi connectivity index (χ3v) is 7.24. The maximum absolute atomic E-state index is 13.6. The van der Waals surface area contributed by atoms with Crippen LogP contribution in [-0.4, -0.2) is 8.97 Å². The number of aryl methyl sites for hydroxylation is 1. The Morgan fingerprint density at radius 2 is 1.74 bits per heavy atom. The maximum Gasteiger partial charge on any atom is 0.261 e. The van der Waals surface area contributed by atoms with Crippen molar-refractivity contribution in [3.8, 4) is 10.4 Å². The first kappa shape index (κ1) is 20.5. The molecule has 0 N–H and O–H groups in total. The fourth-order valence-corrected chi connectivity index (χ4v) is 5.81. The van der Waals surface area contributed by atoms with Gasteiger partial charge in [-0.05, 0) is 49.0 Å². The Kier molecular flexibility index (Phi) is 5.22. The quantitative estimate of drug-likeness (QED) is 0.250. The van der Waals surface area contributed by atoms with E-state index in [0.29, 0.717) is 25.9 Å². The lowest BCUT2D eigenvalue weighted by atomic mass is 10.1. The Hall–Kier alpha value is -2.44. The van der Waals surface area contributed by atoms with Crippen LogP contribution in [0.4, 0.5) is 0 Å². The van der Waals surface area contributed by atoms with Crippen molar-refractivity contribution in [3.63, 3.8) is 0 Å². The van der Waals surface area contributed by atoms with Crippen LogP contribution in [0.3, 0.4) is 0 Å². The number of aromatic nitrogens is 2. The number of hydrogen-bond donors (Lipinski definition) is 0. The van der Waals surface area contributed by atoms with Gasteiger partial charge in [-0.15, -0.1) is 11.3 Å². The van der Waals surface area contributed by atoms with E-state index >= 15 is 0 Å². The number of fused-ring (bicyclic) bond motifs is 3. The van der Waals surface area contributed by atoms with Crippen molar-refractivity contribution < 1.29 is 0 Å². The lowest BCUT2D eigenvalue weighted by Crippen LogP contribution is -2.23. The second-order valence-electron chi connectivity index (χ2n) is 7.37. The van der Waals surface area contributed by atoms with Gasteiger partial charge in [-0.25, -0.2) is 0 Å². The molecule has 3 nitrogen and oxygen atoms in total. The molecule has 0 saturated heterocycles. The summed E-state index contributed by atoms with van der Waals surface area (Å²) in [6.07, 6.45) is 0. The largest absolute Gasteiger partial charge is 0.288 e. The summed E-state index contributed by atoms with van der Waals surface area (Å²) in [6.45, 7) is 2.47. The lowest BCUT2D eigenvalue weighted by Gasteiger charge is -2.14. The monoisotopic (exact) mass is 482 g/mol. The highest BCUT2D eigenvalue weighted by Crippen LogP contribution is 2.38. The van der Waals surface area contributed by atoms with Crippen LogP contribution in [0.5, 0.6) is 0 Å². The first-order valence-electron chi connectivity index (χ1n) is 9.62. The van der Waals surface area contributed by atoms with Crippen LogP contribution in [0.1, 0.15) is 11.1 Å². The average Bonchev–Trinajstić information content (AvgIpc) is 3.09. The summed E-state index contributed by atoms with van der Waals surface area (Å²) in [5.41, 5.74) is 4.48. The number of nitrogens with zero attached hydrogens (tertiary/aromatic N) is 2. The molecule has 0 saturated carbocycles. The van der Waals surface area contributed by atoms with Gasteiger partial charge < -0.3 is 0 Å². The molecule has 0 fully saturated rings. The van der Waals surface area contributed by atoms with Gasteiger partial charge >= 0.3 is 0 Å². The number of hydrogen-bond acceptors (Lipinski definition) is 3. The molecule has 2 aromatic heterocycles. The van der Waals surface area contributed by atoms with Gasteiger partial charge in [0, 0.05) is 10.6 Å². The SMILES string of the molecule is Cc1ccc(Cn2c(=O)c3ccccc3n3c(=S)sc(-c4ccc(Cl)cc4Cl)c23)cc1. The molecule has 0 radical (unpaired) electrons. The first-order valence-corrected chi connectivity index (χ1v) is 11.6. The van der Waals surface area contributed by atoms with Crippen LogP contribution in [0, 0.1) is 10.9 Å². The molecule has 154 valence electrons. The summed E-state index contributed by atoms with van der Waals surface area (Å²) < 4.78 is 4.43. The van der Waals surface area contributed by atoms with Crippen molar-refractivity contribution in [2.24, 2.45) is 0 Å². The summed E-state index contributed by atoms with van der Waals surface area (Å²) >= 11 is 19.9. The van der Waals surface area contributed by atoms with Gasteiger partial charge in [0.1, 0.15) is 5.65 Å². The zero-order chi connectivity index (χ0) is 21.7. The molecule has 0 aliphatic rings. The van der Waals surface area contributed by atoms with Crippen LogP contribution in [0.25, 0.3) is 27.0 Å². The van der Waals surface area contributed by atoms with Crippen LogP contribution < -0.4 is 5.56 Å². The van der Waals surface area contributed by atoms with Crippen molar-refractivity contribution in [2.45, 2.75) is 13.5 Å². The lowest BCUT2D eigenvalue weighted by molar-refractivity contribution is 0.780. The molecule has 0 spiro atoms. The van der Waals surface area contributed by atoms with Gasteiger partial charge in [0.2, 0.25) is 0 Å². The highest BCUT2D eigenvalue weighted by Gasteiger charge is 2.20. The van der Waals surface area contributed by atoms with Crippen molar-refractivity contribution in [3.05, 3.63) is 102 Å². The van der Waals surface area contributed by atoms with Crippen LogP contribution in [0.15, 0.2) is 71.5 Å². The van der Waals surface area contributed by atoms with E-state index in [1.54, 1.807) is 16.7 Å². The molecule has 0 aliphatic heterocycles. The van der Waals surface area contributed by atoms with Gasteiger partial charge in [0.05, 0.1) is 27.3 Å². The van der Waals surface area contributed by atoms with Gasteiger partial charge in [-0.1, -0.05) is 71.2 Å². The molecule has 7 heteroatoms. The zero-order valence-corrected chi connectivity index (χ0v) is 19.6. The van der Waals surface area contributed by atoms with E-state index in [9.17, 15) is 4.79 Å². The number of para-hydroxylation sites is 1. The minimum atomic E-state index is -0.0599. The number of thiazole rings is 1. The normalized spacial score (nSPS) is 11.5. The Labute approximate surface area is 197 Å². The van der Waals surface area contributed by atoms with E-state index in [4.69, 9.17) is 35.4 Å². The Bertz CT molecular complexity index is 1580. The van der Waals surface area contributed by atoms with Gasteiger partial charge in [0.25, 0.3) is 5.56 Å². The van der Waals surface area contributed by atoms with Crippen LogP contribution in [0.2, 0.25) is 10.0 Å². The molecular weight excluding hydrogens is 467 g/mol. The highest BCUT2D eigenvalue weighted by molar-refractivity contribution is 7.73. The van der Waals surface area contributed by atoms with Crippen LogP contribution >= 0.6 is 46.8 Å². The number of rotatable bonds is 3. The van der Waals surface area contributed by atoms with Crippen LogP contribution in [-0.2, 0) is 6.54 Å². The fraction of sp³-hybridized carbons (Fsp3) is 0.0833. The molecule has 5 aromatic rings. The molecule has 0 aliphatic carbocycles. The summed E-state index contributed by atoms with van der Waals surface area (Å²) in [7, 11) is 0. The minimum absolute atomic E-state index is 0.0599. The molecule has 2 heterocycles. The third-order valence-electron chi connectivity index (χ3n) is 5.30. The van der Waals surface area contributed by atoms with Gasteiger partial charge in [0.15, 0.2) is 3.95 Å². The first-order chi connectivity index (χ1) is 14.9. The zero-order valence-electron chi connectivity index (χ0n) is 16.4. The van der Waals surface area contributed by atoms with E-state index in [0.717, 1.165) is 27.2 Å². The summed E-state index contributed by atoms with van der Waals surface area (Å²) in [6, 6.07) is 21.1. The summed E-state index contributed by atoms with van der Waals surface area (Å²) in [4.78, 5) is 14.5. The van der Waals surface area contributed by atoms with Crippen molar-refractivity contribution in [1.82, 2.24) is 8.97 Å². The molecule has 0 unspecified atom stereocenters. The predicted octanol–water partition coefficient (Wildman–Crippen LogP) is 7.38. The van der Waals surface area contributed by atoms with Crippen molar-refractivity contribution in [1.29, 1.82) is 0 Å². The summed E-state index contributed by atoms with van der Waals surface area (Å²) in [5.74, 6) is 0. The molecule has 0 atom stereocenters. The molecule has 0 amide bonds. The fourth-order valence-electron chi connectivity index (χ4n) is 3.79. The second-order valence-corrected chi connectivity index (χ2v) is 9.86. The van der Waals surface area contributed by atoms with Gasteiger partial charge in [-0.3, -0.25) is 13.8 Å². The van der Waals surface area contributed by atoms with E-state index in [-0.39, 0.29) is 5.56 Å². The molecule has 31 heavy (non-hydrogen) atoms. The number of benzene rings is 3. The molecule has 3 aromatic carbocycles. The Balaban J connectivity index is 1.91. The van der Waals surface area contributed by atoms with Crippen molar-refractivity contribution in [2.75, 3.05) is 0 Å². The minimum Gasteiger partial charge on any atom is -0.288 e. The number of halogens is 2.